The highest BCUT2D eigenvalue weighted by Gasteiger charge is 2.29. The highest BCUT2D eigenvalue weighted by molar-refractivity contribution is 5.66. The van der Waals surface area contributed by atoms with Gasteiger partial charge in [0.1, 0.15) is 5.82 Å². The zero-order valence-electron chi connectivity index (χ0n) is 12.3. The fourth-order valence-corrected chi connectivity index (χ4v) is 2.93. The molecular weight excluding hydrogens is 269 g/mol. The second kappa shape index (κ2) is 7.36. The molecule has 1 N–H and O–H groups in total. The third kappa shape index (κ3) is 4.67. The van der Waals surface area contributed by atoms with Crippen LogP contribution in [0.2, 0.25) is 0 Å². The minimum Gasteiger partial charge on any atom is -0.481 e. The van der Waals surface area contributed by atoms with E-state index >= 15 is 0 Å². The molecule has 0 unspecified atom stereocenters. The standard InChI is InChI=1S/C17H22FNO2/c1-19-11-14(5-3-2-4-6-17(20)21)16(12-19)13-7-9-15(18)10-8-13/h3,5,7-10,14,16H,2,4,6,11-12H2,1H3,(H,20,21)/b5-3-/t14-,16+/m0/s1. The molecule has 4 heteroatoms. The summed E-state index contributed by atoms with van der Waals surface area (Å²) in [6, 6.07) is 6.76. The predicted octanol–water partition coefficient (Wildman–Crippen LogP) is 3.28. The van der Waals surface area contributed by atoms with Crippen LogP contribution in [0.25, 0.3) is 0 Å². The maximum Gasteiger partial charge on any atom is 0.303 e. The Kier molecular flexibility index (Phi) is 5.51. The minimum absolute atomic E-state index is 0.203. The highest BCUT2D eigenvalue weighted by Crippen LogP contribution is 2.33. The monoisotopic (exact) mass is 291 g/mol. The van der Waals surface area contributed by atoms with Gasteiger partial charge in [-0.1, -0.05) is 24.3 Å². The Labute approximate surface area is 125 Å². The Morgan fingerprint density at radius 2 is 2.10 bits per heavy atom. The smallest absolute Gasteiger partial charge is 0.303 e. The van der Waals surface area contributed by atoms with Gasteiger partial charge >= 0.3 is 5.97 Å². The van der Waals surface area contributed by atoms with Gasteiger partial charge in [0.15, 0.2) is 0 Å². The molecule has 2 rings (SSSR count). The molecule has 0 bridgehead atoms. The van der Waals surface area contributed by atoms with Crippen molar-refractivity contribution in [3.05, 3.63) is 47.8 Å². The average molecular weight is 291 g/mol. The van der Waals surface area contributed by atoms with Gasteiger partial charge in [-0.25, -0.2) is 4.39 Å². The van der Waals surface area contributed by atoms with Crippen LogP contribution >= 0.6 is 0 Å². The summed E-state index contributed by atoms with van der Waals surface area (Å²) in [6.45, 7) is 1.95. The van der Waals surface area contributed by atoms with Gasteiger partial charge in [0.2, 0.25) is 0 Å². The van der Waals surface area contributed by atoms with Crippen molar-refractivity contribution >= 4 is 5.97 Å². The fourth-order valence-electron chi connectivity index (χ4n) is 2.93. The molecular formula is C17H22FNO2. The van der Waals surface area contributed by atoms with Crippen molar-refractivity contribution in [2.75, 3.05) is 20.1 Å². The molecule has 0 aliphatic carbocycles. The van der Waals surface area contributed by atoms with Gasteiger partial charge < -0.3 is 10.0 Å². The van der Waals surface area contributed by atoms with Crippen LogP contribution in [-0.4, -0.2) is 36.1 Å². The first-order chi connectivity index (χ1) is 10.1. The molecule has 2 atom stereocenters. The predicted molar refractivity (Wildman–Crippen MR) is 80.8 cm³/mol. The van der Waals surface area contributed by atoms with E-state index in [9.17, 15) is 9.18 Å². The molecule has 0 aromatic heterocycles. The number of aliphatic carboxylic acids is 1. The van der Waals surface area contributed by atoms with Crippen molar-refractivity contribution in [3.8, 4) is 0 Å². The molecule has 1 aliphatic rings. The number of hydrogen-bond donors (Lipinski definition) is 1. The van der Waals surface area contributed by atoms with Crippen LogP contribution < -0.4 is 0 Å². The number of carboxylic acids is 1. The fraction of sp³-hybridized carbons (Fsp3) is 0.471. The summed E-state index contributed by atoms with van der Waals surface area (Å²) in [5, 5.41) is 8.61. The molecule has 21 heavy (non-hydrogen) atoms. The topological polar surface area (TPSA) is 40.5 Å². The average Bonchev–Trinajstić information content (AvgIpc) is 2.80. The van der Waals surface area contributed by atoms with Crippen molar-refractivity contribution < 1.29 is 14.3 Å². The lowest BCUT2D eigenvalue weighted by molar-refractivity contribution is -0.137. The van der Waals surface area contributed by atoms with E-state index in [1.807, 2.05) is 12.1 Å². The highest BCUT2D eigenvalue weighted by atomic mass is 19.1. The number of rotatable bonds is 6. The van der Waals surface area contributed by atoms with Crippen LogP contribution in [0.3, 0.4) is 0 Å². The van der Waals surface area contributed by atoms with E-state index in [2.05, 4.69) is 24.1 Å². The van der Waals surface area contributed by atoms with E-state index in [0.29, 0.717) is 18.3 Å². The number of nitrogens with zero attached hydrogens (tertiary/aromatic N) is 1. The Balaban J connectivity index is 1.95. The van der Waals surface area contributed by atoms with E-state index < -0.39 is 5.97 Å². The zero-order chi connectivity index (χ0) is 15.2. The van der Waals surface area contributed by atoms with Crippen molar-refractivity contribution in [3.63, 3.8) is 0 Å². The molecule has 3 nitrogen and oxygen atoms in total. The van der Waals surface area contributed by atoms with Crippen LogP contribution in [0.5, 0.6) is 0 Å². The molecule has 1 aromatic carbocycles. The number of unbranched alkanes of at least 4 members (excludes halogenated alkanes) is 1. The number of halogens is 1. The van der Waals surface area contributed by atoms with Gasteiger partial charge in [0.05, 0.1) is 0 Å². The number of benzene rings is 1. The van der Waals surface area contributed by atoms with Gasteiger partial charge in [0.25, 0.3) is 0 Å². The van der Waals surface area contributed by atoms with Crippen molar-refractivity contribution in [1.82, 2.24) is 4.90 Å². The van der Waals surface area contributed by atoms with Crippen LogP contribution in [0.15, 0.2) is 36.4 Å². The van der Waals surface area contributed by atoms with Gasteiger partial charge in [-0.3, -0.25) is 4.79 Å². The molecule has 1 aromatic rings. The zero-order valence-corrected chi connectivity index (χ0v) is 12.3. The summed E-state index contributed by atoms with van der Waals surface area (Å²) in [5.41, 5.74) is 1.17. The van der Waals surface area contributed by atoms with Crippen LogP contribution in [0, 0.1) is 11.7 Å². The Bertz CT molecular complexity index is 498. The third-order valence-corrected chi connectivity index (χ3v) is 3.99. The van der Waals surface area contributed by atoms with E-state index in [1.54, 1.807) is 0 Å². The first-order valence-electron chi connectivity index (χ1n) is 7.38. The summed E-state index contributed by atoms with van der Waals surface area (Å²) < 4.78 is 13.0. The number of allylic oxidation sites excluding steroid dienone is 1. The van der Waals surface area contributed by atoms with Crippen molar-refractivity contribution in [2.24, 2.45) is 5.92 Å². The van der Waals surface area contributed by atoms with E-state index in [0.717, 1.165) is 19.5 Å². The van der Waals surface area contributed by atoms with Gasteiger partial charge in [0, 0.05) is 25.4 Å². The molecule has 1 fully saturated rings. The van der Waals surface area contributed by atoms with Crippen molar-refractivity contribution in [2.45, 2.75) is 25.2 Å². The second-order valence-corrected chi connectivity index (χ2v) is 5.76. The Morgan fingerprint density at radius 3 is 2.76 bits per heavy atom. The lowest BCUT2D eigenvalue weighted by atomic mass is 9.88. The largest absolute Gasteiger partial charge is 0.481 e. The maximum absolute atomic E-state index is 13.0. The first-order valence-corrected chi connectivity index (χ1v) is 7.38. The van der Waals surface area contributed by atoms with Crippen LogP contribution in [-0.2, 0) is 4.79 Å². The van der Waals surface area contributed by atoms with E-state index in [1.165, 1.54) is 17.7 Å². The maximum atomic E-state index is 13.0. The lowest BCUT2D eigenvalue weighted by Crippen LogP contribution is -2.13. The van der Waals surface area contributed by atoms with E-state index in [-0.39, 0.29) is 12.2 Å². The summed E-state index contributed by atoms with van der Waals surface area (Å²) >= 11 is 0. The summed E-state index contributed by atoms with van der Waals surface area (Å²) in [5.74, 6) is -0.157. The third-order valence-electron chi connectivity index (χ3n) is 3.99. The molecule has 1 heterocycles. The van der Waals surface area contributed by atoms with Crippen molar-refractivity contribution in [1.29, 1.82) is 0 Å². The molecule has 1 aliphatic heterocycles. The van der Waals surface area contributed by atoms with Gasteiger partial charge in [-0.2, -0.15) is 0 Å². The molecule has 1 saturated heterocycles. The van der Waals surface area contributed by atoms with Gasteiger partial charge in [-0.05, 0) is 43.5 Å². The normalized spacial score (nSPS) is 23.0. The SMILES string of the molecule is CN1C[C@H](c2ccc(F)cc2)[C@@H](/C=C\CCCC(=O)O)C1. The molecule has 0 amide bonds. The summed E-state index contributed by atoms with van der Waals surface area (Å²) in [7, 11) is 2.09. The summed E-state index contributed by atoms with van der Waals surface area (Å²) in [6.07, 6.45) is 5.97. The Hall–Kier alpha value is -1.68. The Morgan fingerprint density at radius 1 is 1.38 bits per heavy atom. The molecule has 0 radical (unpaired) electrons. The number of carbonyl (C=O) groups is 1. The van der Waals surface area contributed by atoms with E-state index in [4.69, 9.17) is 5.11 Å². The molecule has 0 saturated carbocycles. The number of carboxylic acid groups (broad SMARTS) is 1. The molecule has 0 spiro atoms. The first kappa shape index (κ1) is 15.7. The van der Waals surface area contributed by atoms with Gasteiger partial charge in [-0.15, -0.1) is 0 Å². The lowest BCUT2D eigenvalue weighted by Gasteiger charge is -2.15. The number of hydrogen-bond acceptors (Lipinski definition) is 2. The number of likely N-dealkylation sites (N-methyl/N-ethyl adjacent to an activating group) is 1. The molecule has 114 valence electrons. The summed E-state index contributed by atoms with van der Waals surface area (Å²) in [4.78, 5) is 12.7. The van der Waals surface area contributed by atoms with Crippen LogP contribution in [0.1, 0.15) is 30.7 Å². The quantitative estimate of drug-likeness (QED) is 0.646. The minimum atomic E-state index is -0.742. The second-order valence-electron chi connectivity index (χ2n) is 5.76. The van der Waals surface area contributed by atoms with Crippen LogP contribution in [0.4, 0.5) is 4.39 Å². The number of likely N-dealkylation sites (tertiary alicyclic amines) is 1.